The molecular weight excluding hydrogens is 160 g/mol. The first-order chi connectivity index (χ1) is 5.34. The lowest BCUT2D eigenvalue weighted by atomic mass is 10.7. The summed E-state index contributed by atoms with van der Waals surface area (Å²) in [5.41, 5.74) is 5.34. The van der Waals surface area contributed by atoms with E-state index in [9.17, 15) is 0 Å². The molecule has 0 saturated carbocycles. The molecule has 0 fully saturated rings. The van der Waals surface area contributed by atoms with Crippen LogP contribution >= 0.6 is 11.8 Å². The Morgan fingerprint density at radius 1 is 1.73 bits per heavy atom. The summed E-state index contributed by atoms with van der Waals surface area (Å²) in [5, 5.41) is 3.96. The van der Waals surface area contributed by atoms with Crippen LogP contribution < -0.4 is 5.73 Å². The Morgan fingerprint density at radius 3 is 3.09 bits per heavy atom. The molecule has 5 heteroatoms. The summed E-state index contributed by atoms with van der Waals surface area (Å²) in [4.78, 5) is 4.08. The van der Waals surface area contributed by atoms with E-state index in [0.717, 1.165) is 23.9 Å². The van der Waals surface area contributed by atoms with Crippen molar-refractivity contribution in [3.8, 4) is 0 Å². The molecule has 0 spiro atoms. The fraction of sp³-hybridized carbons (Fsp3) is 0.667. The third kappa shape index (κ3) is 2.51. The zero-order valence-corrected chi connectivity index (χ0v) is 7.34. The van der Waals surface area contributed by atoms with Crippen molar-refractivity contribution in [2.24, 2.45) is 12.8 Å². The fourth-order valence-electron chi connectivity index (χ4n) is 0.698. The minimum atomic E-state index is 0.725. The Labute approximate surface area is 70.2 Å². The number of hydrogen-bond acceptors (Lipinski definition) is 4. The van der Waals surface area contributed by atoms with Crippen molar-refractivity contribution in [2.75, 3.05) is 12.3 Å². The Balaban J connectivity index is 2.32. The summed E-state index contributed by atoms with van der Waals surface area (Å²) in [7, 11) is 1.89. The lowest BCUT2D eigenvalue weighted by Gasteiger charge is -1.97. The molecule has 1 aromatic heterocycles. The molecule has 0 radical (unpaired) electrons. The second-order valence-corrected chi connectivity index (χ2v) is 3.25. The van der Waals surface area contributed by atoms with E-state index in [-0.39, 0.29) is 0 Å². The van der Waals surface area contributed by atoms with E-state index in [2.05, 4.69) is 10.1 Å². The normalized spacial score (nSPS) is 10.4. The van der Waals surface area contributed by atoms with Gasteiger partial charge < -0.3 is 5.73 Å². The van der Waals surface area contributed by atoms with Crippen LogP contribution in [0.1, 0.15) is 5.82 Å². The van der Waals surface area contributed by atoms with Crippen LogP contribution in [-0.2, 0) is 12.8 Å². The molecule has 1 heterocycles. The van der Waals surface area contributed by atoms with Crippen LogP contribution in [0.25, 0.3) is 0 Å². The molecule has 0 bridgehead atoms. The van der Waals surface area contributed by atoms with E-state index < -0.39 is 0 Å². The van der Waals surface area contributed by atoms with Crippen LogP contribution in [-0.4, -0.2) is 27.1 Å². The molecule has 11 heavy (non-hydrogen) atoms. The molecule has 0 aliphatic rings. The largest absolute Gasteiger partial charge is 0.330 e. The van der Waals surface area contributed by atoms with Crippen molar-refractivity contribution in [3.05, 3.63) is 12.2 Å². The molecule has 0 aliphatic heterocycles. The van der Waals surface area contributed by atoms with Gasteiger partial charge in [-0.15, -0.1) is 0 Å². The average Bonchev–Trinajstić information content (AvgIpc) is 2.37. The molecule has 0 atom stereocenters. The molecule has 62 valence electrons. The van der Waals surface area contributed by atoms with Gasteiger partial charge in [-0.05, 0) is 0 Å². The summed E-state index contributed by atoms with van der Waals surface area (Å²) in [6.07, 6.45) is 1.57. The maximum absolute atomic E-state index is 5.34. The van der Waals surface area contributed by atoms with Crippen LogP contribution in [0.5, 0.6) is 0 Å². The van der Waals surface area contributed by atoms with Crippen molar-refractivity contribution < 1.29 is 0 Å². The van der Waals surface area contributed by atoms with Gasteiger partial charge >= 0.3 is 0 Å². The van der Waals surface area contributed by atoms with Crippen LogP contribution in [0.2, 0.25) is 0 Å². The smallest absolute Gasteiger partial charge is 0.138 e. The first-order valence-corrected chi connectivity index (χ1v) is 4.60. The second-order valence-electron chi connectivity index (χ2n) is 2.14. The fourth-order valence-corrected chi connectivity index (χ4v) is 1.45. The monoisotopic (exact) mass is 172 g/mol. The average molecular weight is 172 g/mol. The summed E-state index contributed by atoms with van der Waals surface area (Å²) in [6, 6.07) is 0. The number of hydrogen-bond donors (Lipinski definition) is 1. The summed E-state index contributed by atoms with van der Waals surface area (Å²) in [5.74, 6) is 2.88. The predicted octanol–water partition coefficient (Wildman–Crippen LogP) is 0.00700. The van der Waals surface area contributed by atoms with Gasteiger partial charge in [-0.1, -0.05) is 0 Å². The molecule has 2 N–H and O–H groups in total. The van der Waals surface area contributed by atoms with Gasteiger partial charge in [-0.2, -0.15) is 16.9 Å². The van der Waals surface area contributed by atoms with E-state index in [1.54, 1.807) is 22.8 Å². The third-order valence-corrected chi connectivity index (χ3v) is 2.29. The molecule has 1 rings (SSSR count). The van der Waals surface area contributed by atoms with E-state index in [1.165, 1.54) is 0 Å². The number of nitrogens with zero attached hydrogens (tertiary/aromatic N) is 3. The Bertz CT molecular complexity index is 210. The predicted molar refractivity (Wildman–Crippen MR) is 46.2 cm³/mol. The highest BCUT2D eigenvalue weighted by Gasteiger charge is 1.98. The lowest BCUT2D eigenvalue weighted by molar-refractivity contribution is 0.730. The lowest BCUT2D eigenvalue weighted by Crippen LogP contribution is -2.03. The minimum absolute atomic E-state index is 0.725. The van der Waals surface area contributed by atoms with E-state index in [4.69, 9.17) is 5.73 Å². The quantitative estimate of drug-likeness (QED) is 0.650. The van der Waals surface area contributed by atoms with Crippen molar-refractivity contribution in [1.29, 1.82) is 0 Å². The number of rotatable bonds is 4. The molecule has 0 unspecified atom stereocenters. The molecule has 0 amide bonds. The first-order valence-electron chi connectivity index (χ1n) is 3.45. The van der Waals surface area contributed by atoms with Crippen LogP contribution in [0.15, 0.2) is 6.33 Å². The van der Waals surface area contributed by atoms with Crippen molar-refractivity contribution in [3.63, 3.8) is 0 Å². The molecule has 0 aromatic carbocycles. The standard InChI is InChI=1S/C6H12N4S/c1-10-6(8-5-9-10)4-11-3-2-7/h5H,2-4,7H2,1H3. The topological polar surface area (TPSA) is 56.7 Å². The van der Waals surface area contributed by atoms with Gasteiger partial charge in [0.25, 0.3) is 0 Å². The van der Waals surface area contributed by atoms with Gasteiger partial charge in [0.05, 0.1) is 5.75 Å². The van der Waals surface area contributed by atoms with Gasteiger partial charge in [0.2, 0.25) is 0 Å². The SMILES string of the molecule is Cn1ncnc1CSCCN. The Hall–Kier alpha value is -0.550. The number of nitrogens with two attached hydrogens (primary N) is 1. The number of thioether (sulfide) groups is 1. The second kappa shape index (κ2) is 4.35. The number of aryl methyl sites for hydroxylation is 1. The maximum Gasteiger partial charge on any atom is 0.138 e. The highest BCUT2D eigenvalue weighted by Crippen LogP contribution is 2.06. The Kier molecular flexibility index (Phi) is 3.38. The van der Waals surface area contributed by atoms with Crippen LogP contribution in [0, 0.1) is 0 Å². The Morgan fingerprint density at radius 2 is 2.55 bits per heavy atom. The van der Waals surface area contributed by atoms with E-state index >= 15 is 0 Å². The maximum atomic E-state index is 5.34. The van der Waals surface area contributed by atoms with Crippen LogP contribution in [0.3, 0.4) is 0 Å². The van der Waals surface area contributed by atoms with E-state index in [0.29, 0.717) is 0 Å². The zero-order valence-electron chi connectivity index (χ0n) is 6.53. The van der Waals surface area contributed by atoms with Crippen molar-refractivity contribution >= 4 is 11.8 Å². The minimum Gasteiger partial charge on any atom is -0.330 e. The molecule has 0 aliphatic carbocycles. The van der Waals surface area contributed by atoms with Gasteiger partial charge in [0.15, 0.2) is 0 Å². The third-order valence-electron chi connectivity index (χ3n) is 1.30. The molecular formula is C6H12N4S. The summed E-state index contributed by atoms with van der Waals surface area (Å²) < 4.78 is 1.78. The molecule has 4 nitrogen and oxygen atoms in total. The van der Waals surface area contributed by atoms with Crippen molar-refractivity contribution in [1.82, 2.24) is 14.8 Å². The first kappa shape index (κ1) is 8.55. The van der Waals surface area contributed by atoms with Gasteiger partial charge in [-0.3, -0.25) is 4.68 Å². The highest BCUT2D eigenvalue weighted by atomic mass is 32.2. The zero-order chi connectivity index (χ0) is 8.10. The van der Waals surface area contributed by atoms with Gasteiger partial charge in [-0.25, -0.2) is 4.98 Å². The molecule has 0 saturated heterocycles. The summed E-state index contributed by atoms with van der Waals surface area (Å²) in [6.45, 7) is 0.725. The van der Waals surface area contributed by atoms with Crippen LogP contribution in [0.4, 0.5) is 0 Å². The van der Waals surface area contributed by atoms with E-state index in [1.807, 2.05) is 7.05 Å². The highest BCUT2D eigenvalue weighted by molar-refractivity contribution is 7.98. The van der Waals surface area contributed by atoms with Gasteiger partial charge in [0, 0.05) is 19.3 Å². The number of aromatic nitrogens is 3. The summed E-state index contributed by atoms with van der Waals surface area (Å²) >= 11 is 1.78. The van der Waals surface area contributed by atoms with Crippen molar-refractivity contribution in [2.45, 2.75) is 5.75 Å². The molecule has 1 aromatic rings. The van der Waals surface area contributed by atoms with Gasteiger partial charge in [0.1, 0.15) is 12.2 Å².